The van der Waals surface area contributed by atoms with Gasteiger partial charge in [-0.05, 0) is 64.4 Å². The highest BCUT2D eigenvalue weighted by molar-refractivity contribution is 14.1. The lowest BCUT2D eigenvalue weighted by Gasteiger charge is -2.20. The zero-order chi connectivity index (χ0) is 18.7. The number of benzene rings is 2. The van der Waals surface area contributed by atoms with Crippen molar-refractivity contribution in [2.75, 3.05) is 35.0 Å². The molecule has 0 saturated carbocycles. The third-order valence-electron chi connectivity index (χ3n) is 4.51. The number of methoxy groups -OCH3 is 4. The summed E-state index contributed by atoms with van der Waals surface area (Å²) in [7, 11) is 6.61. The zero-order valence-corrected chi connectivity index (χ0v) is 18.8. The Balaban J connectivity index is 0.00000261. The molecular formula is C20H23ClINO4. The lowest BCUT2D eigenvalue weighted by Crippen LogP contribution is -2.16. The maximum atomic E-state index is 5.47. The first-order valence-corrected chi connectivity index (χ1v) is 9.38. The SMILES string of the molecule is COc1cc(I)c(CC2=NCCc3cc(OC)c(OC)cc32)cc1OC.Cl. The van der Waals surface area contributed by atoms with Crippen LogP contribution in [0, 0.1) is 3.57 Å². The average Bonchev–Trinajstić information content (AvgIpc) is 2.68. The van der Waals surface area contributed by atoms with E-state index in [2.05, 4.69) is 28.7 Å². The molecule has 0 fully saturated rings. The molecule has 0 amide bonds. The van der Waals surface area contributed by atoms with E-state index in [0.29, 0.717) is 0 Å². The van der Waals surface area contributed by atoms with Crippen molar-refractivity contribution in [3.05, 3.63) is 44.5 Å². The van der Waals surface area contributed by atoms with Gasteiger partial charge in [-0.2, -0.15) is 0 Å². The van der Waals surface area contributed by atoms with E-state index in [-0.39, 0.29) is 12.4 Å². The summed E-state index contributed by atoms with van der Waals surface area (Å²) < 4.78 is 22.9. The normalized spacial score (nSPS) is 12.4. The number of ether oxygens (including phenoxy) is 4. The summed E-state index contributed by atoms with van der Waals surface area (Å²) in [6.45, 7) is 0.779. The summed E-state index contributed by atoms with van der Waals surface area (Å²) in [4.78, 5) is 4.78. The molecule has 1 aliphatic heterocycles. The van der Waals surface area contributed by atoms with Crippen LogP contribution in [0.2, 0.25) is 0 Å². The highest BCUT2D eigenvalue weighted by Gasteiger charge is 2.20. The fraction of sp³-hybridized carbons (Fsp3) is 0.350. The molecular weight excluding hydrogens is 481 g/mol. The van der Waals surface area contributed by atoms with Crippen LogP contribution in [0.15, 0.2) is 29.3 Å². The average molecular weight is 504 g/mol. The maximum Gasteiger partial charge on any atom is 0.161 e. The van der Waals surface area contributed by atoms with E-state index in [1.807, 2.05) is 18.2 Å². The molecule has 1 heterocycles. The van der Waals surface area contributed by atoms with E-state index >= 15 is 0 Å². The van der Waals surface area contributed by atoms with Gasteiger partial charge >= 0.3 is 0 Å². The van der Waals surface area contributed by atoms with Crippen molar-refractivity contribution in [2.45, 2.75) is 12.8 Å². The van der Waals surface area contributed by atoms with Crippen LogP contribution in [0.3, 0.4) is 0 Å². The first kappa shape index (κ1) is 21.6. The number of rotatable bonds is 6. The van der Waals surface area contributed by atoms with Gasteiger partial charge in [-0.25, -0.2) is 0 Å². The highest BCUT2D eigenvalue weighted by Crippen LogP contribution is 2.35. The van der Waals surface area contributed by atoms with Crippen molar-refractivity contribution in [2.24, 2.45) is 4.99 Å². The van der Waals surface area contributed by atoms with Crippen molar-refractivity contribution >= 4 is 40.7 Å². The van der Waals surface area contributed by atoms with Crippen molar-refractivity contribution < 1.29 is 18.9 Å². The lowest BCUT2D eigenvalue weighted by atomic mass is 9.93. The van der Waals surface area contributed by atoms with E-state index in [1.54, 1.807) is 28.4 Å². The number of nitrogens with zero attached hydrogens (tertiary/aromatic N) is 1. The Labute approximate surface area is 179 Å². The molecule has 0 aromatic heterocycles. The van der Waals surface area contributed by atoms with E-state index in [4.69, 9.17) is 23.9 Å². The lowest BCUT2D eigenvalue weighted by molar-refractivity contribution is 0.354. The van der Waals surface area contributed by atoms with Crippen LogP contribution in [0.1, 0.15) is 16.7 Å². The Kier molecular flexibility index (Phi) is 7.61. The van der Waals surface area contributed by atoms with E-state index in [9.17, 15) is 0 Å². The molecule has 5 nitrogen and oxygen atoms in total. The summed E-state index contributed by atoms with van der Waals surface area (Å²) in [5.41, 5.74) is 4.57. The number of hydrogen-bond acceptors (Lipinski definition) is 5. The second kappa shape index (κ2) is 9.50. The smallest absolute Gasteiger partial charge is 0.161 e. The maximum absolute atomic E-state index is 5.47. The van der Waals surface area contributed by atoms with Gasteiger partial charge in [-0.3, -0.25) is 4.99 Å². The third-order valence-corrected chi connectivity index (χ3v) is 5.52. The van der Waals surface area contributed by atoms with Gasteiger partial charge in [0.1, 0.15) is 0 Å². The summed E-state index contributed by atoms with van der Waals surface area (Å²) in [5, 5.41) is 0. The molecule has 0 N–H and O–H groups in total. The van der Waals surface area contributed by atoms with Crippen LogP contribution >= 0.6 is 35.0 Å². The third kappa shape index (κ3) is 4.43. The van der Waals surface area contributed by atoms with Gasteiger partial charge in [0.2, 0.25) is 0 Å². The first-order chi connectivity index (χ1) is 12.6. The monoisotopic (exact) mass is 503 g/mol. The standard InChI is InChI=1S/C20H22INO4.ClH/c1-23-17-8-12-5-6-22-16(14(12)10-19(17)25-3)7-13-9-18(24-2)20(26-4)11-15(13)21;/h8-11H,5-7H2,1-4H3;1H. The molecule has 2 aromatic carbocycles. The Morgan fingerprint density at radius 1 is 0.852 bits per heavy atom. The van der Waals surface area contributed by atoms with Crippen LogP contribution in [0.4, 0.5) is 0 Å². The van der Waals surface area contributed by atoms with E-state index < -0.39 is 0 Å². The summed E-state index contributed by atoms with van der Waals surface area (Å²) >= 11 is 2.33. The Morgan fingerprint density at radius 3 is 2.04 bits per heavy atom. The summed E-state index contributed by atoms with van der Waals surface area (Å²) in [6.07, 6.45) is 1.63. The van der Waals surface area contributed by atoms with Gasteiger partial charge in [0, 0.05) is 27.8 Å². The predicted octanol–water partition coefficient (Wildman–Crippen LogP) is 4.34. The molecule has 0 bridgehead atoms. The minimum Gasteiger partial charge on any atom is -0.493 e. The molecule has 7 heteroatoms. The van der Waals surface area contributed by atoms with Crippen LogP contribution in [-0.4, -0.2) is 40.7 Å². The Hall–Kier alpha value is -1.67. The summed E-state index contributed by atoms with van der Waals surface area (Å²) in [6, 6.07) is 8.11. The van der Waals surface area contributed by atoms with Crippen LogP contribution in [0.25, 0.3) is 0 Å². The van der Waals surface area contributed by atoms with Crippen LogP contribution in [0.5, 0.6) is 23.0 Å². The number of fused-ring (bicyclic) bond motifs is 1. The molecule has 0 saturated heterocycles. The fourth-order valence-electron chi connectivity index (χ4n) is 3.16. The quantitative estimate of drug-likeness (QED) is 0.551. The topological polar surface area (TPSA) is 49.3 Å². The van der Waals surface area contributed by atoms with Crippen LogP contribution in [-0.2, 0) is 12.8 Å². The minimum atomic E-state index is 0. The first-order valence-electron chi connectivity index (χ1n) is 8.30. The molecule has 1 aliphatic rings. The molecule has 0 spiro atoms. The summed E-state index contributed by atoms with van der Waals surface area (Å²) in [5.74, 6) is 2.95. The van der Waals surface area contributed by atoms with Gasteiger partial charge < -0.3 is 18.9 Å². The van der Waals surface area contributed by atoms with Gasteiger partial charge in [0.05, 0.1) is 28.4 Å². The van der Waals surface area contributed by atoms with Gasteiger partial charge in [-0.15, -0.1) is 12.4 Å². The fourth-order valence-corrected chi connectivity index (χ4v) is 3.79. The van der Waals surface area contributed by atoms with Gasteiger partial charge in [0.25, 0.3) is 0 Å². The van der Waals surface area contributed by atoms with Crippen molar-refractivity contribution in [1.82, 2.24) is 0 Å². The molecule has 0 aliphatic carbocycles. The molecule has 0 unspecified atom stereocenters. The minimum absolute atomic E-state index is 0. The molecule has 146 valence electrons. The largest absolute Gasteiger partial charge is 0.493 e. The van der Waals surface area contributed by atoms with Gasteiger partial charge in [-0.1, -0.05) is 0 Å². The second-order valence-electron chi connectivity index (χ2n) is 5.92. The van der Waals surface area contributed by atoms with E-state index in [0.717, 1.165) is 62.8 Å². The van der Waals surface area contributed by atoms with E-state index in [1.165, 1.54) is 5.56 Å². The Bertz CT molecular complexity index is 854. The molecule has 0 atom stereocenters. The zero-order valence-electron chi connectivity index (χ0n) is 15.8. The number of hydrogen-bond donors (Lipinski definition) is 0. The van der Waals surface area contributed by atoms with Crippen molar-refractivity contribution in [1.29, 1.82) is 0 Å². The second-order valence-corrected chi connectivity index (χ2v) is 7.08. The van der Waals surface area contributed by atoms with Crippen molar-refractivity contribution in [3.8, 4) is 23.0 Å². The molecule has 0 radical (unpaired) electrons. The van der Waals surface area contributed by atoms with Crippen molar-refractivity contribution in [3.63, 3.8) is 0 Å². The molecule has 2 aromatic rings. The van der Waals surface area contributed by atoms with Crippen LogP contribution < -0.4 is 18.9 Å². The number of aliphatic imine (C=N–C) groups is 1. The highest BCUT2D eigenvalue weighted by atomic mass is 127. The Morgan fingerprint density at radius 2 is 1.41 bits per heavy atom. The number of halogens is 2. The van der Waals surface area contributed by atoms with Gasteiger partial charge in [0.15, 0.2) is 23.0 Å². The molecule has 27 heavy (non-hydrogen) atoms. The molecule has 3 rings (SSSR count). The predicted molar refractivity (Wildman–Crippen MR) is 118 cm³/mol.